The molecule has 24 heavy (non-hydrogen) atoms. The van der Waals surface area contributed by atoms with Gasteiger partial charge in [0, 0.05) is 18.7 Å². The molecule has 124 valence electrons. The number of nitrogens with zero attached hydrogens (tertiary/aromatic N) is 3. The van der Waals surface area contributed by atoms with Crippen molar-refractivity contribution in [2.45, 2.75) is 24.4 Å². The van der Waals surface area contributed by atoms with Crippen molar-refractivity contribution in [1.29, 1.82) is 0 Å². The molecule has 1 N–H and O–H groups in total. The van der Waals surface area contributed by atoms with Crippen LogP contribution in [0.3, 0.4) is 0 Å². The molecule has 0 aliphatic heterocycles. The smallest absolute Gasteiger partial charge is 0.230 e. The van der Waals surface area contributed by atoms with Crippen molar-refractivity contribution in [2.24, 2.45) is 0 Å². The van der Waals surface area contributed by atoms with Gasteiger partial charge in [-0.3, -0.25) is 9.20 Å². The van der Waals surface area contributed by atoms with Gasteiger partial charge in [0.05, 0.1) is 5.75 Å². The number of pyridine rings is 1. The van der Waals surface area contributed by atoms with E-state index in [4.69, 9.17) is 0 Å². The van der Waals surface area contributed by atoms with Crippen LogP contribution in [0.15, 0.2) is 59.9 Å². The summed E-state index contributed by atoms with van der Waals surface area (Å²) in [6, 6.07) is 16.0. The summed E-state index contributed by atoms with van der Waals surface area (Å²) in [6.45, 7) is 2.79. The lowest BCUT2D eigenvalue weighted by Gasteiger charge is -2.16. The summed E-state index contributed by atoms with van der Waals surface area (Å²) in [5.74, 6) is 0.692. The molecule has 0 saturated heterocycles. The zero-order valence-corrected chi connectivity index (χ0v) is 14.4. The molecule has 0 aliphatic rings. The second kappa shape index (κ2) is 7.97. The molecule has 1 atom stereocenters. The van der Waals surface area contributed by atoms with Crippen molar-refractivity contribution >= 4 is 23.3 Å². The average Bonchev–Trinajstić information content (AvgIpc) is 3.04. The zero-order chi connectivity index (χ0) is 16.8. The number of carbonyl (C=O) groups excluding carboxylic acids is 1. The first-order valence-corrected chi connectivity index (χ1v) is 9.00. The fourth-order valence-electron chi connectivity index (χ4n) is 2.56. The molecular formula is C18H20N4OS. The van der Waals surface area contributed by atoms with Crippen LogP contribution in [0, 0.1) is 0 Å². The minimum Gasteiger partial charge on any atom is -0.355 e. The van der Waals surface area contributed by atoms with Gasteiger partial charge in [-0.2, -0.15) is 0 Å². The standard InChI is InChI=1S/C18H20N4OS/c1-2-14(15-8-4-3-5-9-15)12-19-17(23)13-24-18-21-20-16-10-6-7-11-22(16)18/h3-11,14H,2,12-13H2,1H3,(H,19,23)/t14-/m0/s1. The number of thioether (sulfide) groups is 1. The van der Waals surface area contributed by atoms with E-state index in [9.17, 15) is 4.79 Å². The Morgan fingerprint density at radius 1 is 1.17 bits per heavy atom. The van der Waals surface area contributed by atoms with E-state index in [2.05, 4.69) is 34.6 Å². The van der Waals surface area contributed by atoms with Crippen LogP contribution in [0.2, 0.25) is 0 Å². The highest BCUT2D eigenvalue weighted by Crippen LogP contribution is 2.19. The molecule has 0 radical (unpaired) electrons. The molecule has 0 saturated carbocycles. The molecule has 0 unspecified atom stereocenters. The van der Waals surface area contributed by atoms with Gasteiger partial charge in [0.1, 0.15) is 0 Å². The lowest BCUT2D eigenvalue weighted by molar-refractivity contribution is -0.118. The van der Waals surface area contributed by atoms with E-state index in [0.717, 1.165) is 17.2 Å². The van der Waals surface area contributed by atoms with Crippen molar-refractivity contribution < 1.29 is 4.79 Å². The van der Waals surface area contributed by atoms with E-state index in [0.29, 0.717) is 18.2 Å². The first-order valence-electron chi connectivity index (χ1n) is 8.02. The van der Waals surface area contributed by atoms with E-state index in [-0.39, 0.29) is 5.91 Å². The number of rotatable bonds is 7. The second-order valence-corrected chi connectivity index (χ2v) is 6.46. The third-order valence-electron chi connectivity index (χ3n) is 3.92. The summed E-state index contributed by atoms with van der Waals surface area (Å²) < 4.78 is 1.89. The van der Waals surface area contributed by atoms with Crippen LogP contribution in [0.25, 0.3) is 5.65 Å². The predicted molar refractivity (Wildman–Crippen MR) is 96.2 cm³/mol. The first kappa shape index (κ1) is 16.5. The highest BCUT2D eigenvalue weighted by Gasteiger charge is 2.12. The number of aromatic nitrogens is 3. The Balaban J connectivity index is 1.52. The molecule has 3 aromatic rings. The van der Waals surface area contributed by atoms with Gasteiger partial charge < -0.3 is 5.32 Å². The first-order chi connectivity index (χ1) is 11.8. The Kier molecular flexibility index (Phi) is 5.48. The fraction of sp³-hybridized carbons (Fsp3) is 0.278. The Hall–Kier alpha value is -2.34. The van der Waals surface area contributed by atoms with E-state index >= 15 is 0 Å². The number of fused-ring (bicyclic) bond motifs is 1. The van der Waals surface area contributed by atoms with Gasteiger partial charge in [0.2, 0.25) is 5.91 Å². The minimum atomic E-state index is 0.0158. The van der Waals surface area contributed by atoms with Crippen LogP contribution in [-0.4, -0.2) is 32.8 Å². The van der Waals surface area contributed by atoms with Crippen molar-refractivity contribution in [3.8, 4) is 0 Å². The molecular weight excluding hydrogens is 320 g/mol. The summed E-state index contributed by atoms with van der Waals surface area (Å²) >= 11 is 1.40. The van der Waals surface area contributed by atoms with Crippen molar-refractivity contribution in [3.63, 3.8) is 0 Å². The van der Waals surface area contributed by atoms with E-state index in [1.54, 1.807) is 0 Å². The Morgan fingerprint density at radius 2 is 1.96 bits per heavy atom. The third-order valence-corrected chi connectivity index (χ3v) is 4.87. The predicted octanol–water partition coefficient (Wildman–Crippen LogP) is 3.13. The Labute approximate surface area is 145 Å². The number of amides is 1. The van der Waals surface area contributed by atoms with Crippen LogP contribution in [0.5, 0.6) is 0 Å². The number of nitrogens with one attached hydrogen (secondary N) is 1. The number of benzene rings is 1. The van der Waals surface area contributed by atoms with Crippen molar-refractivity contribution in [3.05, 3.63) is 60.3 Å². The van der Waals surface area contributed by atoms with Gasteiger partial charge in [0.25, 0.3) is 0 Å². The highest BCUT2D eigenvalue weighted by atomic mass is 32.2. The van der Waals surface area contributed by atoms with Crippen LogP contribution < -0.4 is 5.32 Å². The van der Waals surface area contributed by atoms with Crippen molar-refractivity contribution in [2.75, 3.05) is 12.3 Å². The molecule has 6 heteroatoms. The second-order valence-electron chi connectivity index (χ2n) is 5.52. The van der Waals surface area contributed by atoms with Crippen molar-refractivity contribution in [1.82, 2.24) is 19.9 Å². The summed E-state index contributed by atoms with van der Waals surface area (Å²) in [4.78, 5) is 12.1. The maximum absolute atomic E-state index is 12.1. The third kappa shape index (κ3) is 3.94. The highest BCUT2D eigenvalue weighted by molar-refractivity contribution is 7.99. The molecule has 0 fully saturated rings. The molecule has 0 aliphatic carbocycles. The van der Waals surface area contributed by atoms with Gasteiger partial charge in [-0.15, -0.1) is 10.2 Å². The lowest BCUT2D eigenvalue weighted by Crippen LogP contribution is -2.29. The summed E-state index contributed by atoms with van der Waals surface area (Å²) in [7, 11) is 0. The molecule has 2 aromatic heterocycles. The average molecular weight is 340 g/mol. The normalized spacial score (nSPS) is 12.2. The maximum Gasteiger partial charge on any atom is 0.230 e. The maximum atomic E-state index is 12.1. The number of carbonyl (C=O) groups is 1. The Morgan fingerprint density at radius 3 is 2.75 bits per heavy atom. The number of hydrogen-bond donors (Lipinski definition) is 1. The van der Waals surface area contributed by atoms with Gasteiger partial charge in [0.15, 0.2) is 10.8 Å². The molecule has 0 spiro atoms. The molecule has 1 amide bonds. The fourth-order valence-corrected chi connectivity index (χ4v) is 3.31. The van der Waals surface area contributed by atoms with Crippen LogP contribution in [-0.2, 0) is 4.79 Å². The van der Waals surface area contributed by atoms with Crippen LogP contribution >= 0.6 is 11.8 Å². The van der Waals surface area contributed by atoms with Gasteiger partial charge >= 0.3 is 0 Å². The van der Waals surface area contributed by atoms with Gasteiger partial charge in [-0.25, -0.2) is 0 Å². The van der Waals surface area contributed by atoms with Crippen LogP contribution in [0.4, 0.5) is 0 Å². The van der Waals surface area contributed by atoms with Gasteiger partial charge in [-0.1, -0.05) is 55.1 Å². The molecule has 2 heterocycles. The van der Waals surface area contributed by atoms with E-state index in [1.807, 2.05) is 47.0 Å². The SMILES string of the molecule is CC[C@@H](CNC(=O)CSc1nnc2ccccn12)c1ccccc1. The molecule has 5 nitrogen and oxygen atoms in total. The molecule has 1 aromatic carbocycles. The topological polar surface area (TPSA) is 59.3 Å². The van der Waals surface area contributed by atoms with E-state index in [1.165, 1.54) is 17.3 Å². The van der Waals surface area contributed by atoms with E-state index < -0.39 is 0 Å². The number of hydrogen-bond acceptors (Lipinski definition) is 4. The zero-order valence-electron chi connectivity index (χ0n) is 13.6. The summed E-state index contributed by atoms with van der Waals surface area (Å²) in [5, 5.41) is 12.0. The summed E-state index contributed by atoms with van der Waals surface area (Å²) in [6.07, 6.45) is 2.89. The minimum absolute atomic E-state index is 0.0158. The quantitative estimate of drug-likeness (QED) is 0.671. The largest absolute Gasteiger partial charge is 0.355 e. The molecule has 0 bridgehead atoms. The lowest BCUT2D eigenvalue weighted by atomic mass is 9.96. The monoisotopic (exact) mass is 340 g/mol. The molecule has 3 rings (SSSR count). The Bertz CT molecular complexity index is 803. The van der Waals surface area contributed by atoms with Crippen LogP contribution in [0.1, 0.15) is 24.8 Å². The summed E-state index contributed by atoms with van der Waals surface area (Å²) in [5.41, 5.74) is 2.05. The van der Waals surface area contributed by atoms with Gasteiger partial charge in [-0.05, 0) is 24.1 Å².